The molecular weight excluding hydrogens is 797 g/mol. The number of hydrogen-bond donors (Lipinski definition) is 0. The van der Waals surface area contributed by atoms with Gasteiger partial charge in [0.15, 0.2) is 4.80 Å². The highest BCUT2D eigenvalue weighted by Gasteiger charge is 2.33. The Morgan fingerprint density at radius 2 is 1.77 bits per heavy atom. The Morgan fingerprint density at radius 3 is 2.44 bits per heavy atom. The van der Waals surface area contributed by atoms with Gasteiger partial charge in [0.05, 0.1) is 38.6 Å². The number of ether oxygens (including phenoxy) is 3. The highest BCUT2D eigenvalue weighted by Crippen LogP contribution is 2.32. The highest BCUT2D eigenvalue weighted by molar-refractivity contribution is 14.1. The summed E-state index contributed by atoms with van der Waals surface area (Å²) in [6, 6.07) is 16.7. The quantitative estimate of drug-likeness (QED) is 0.150. The molecule has 43 heavy (non-hydrogen) atoms. The van der Waals surface area contributed by atoms with Gasteiger partial charge in [-0.1, -0.05) is 35.6 Å². The normalized spacial score (nSPS) is 14.7. The van der Waals surface area contributed by atoms with E-state index in [0.29, 0.717) is 38.7 Å². The fourth-order valence-corrected chi connectivity index (χ4v) is 7.82. The number of aromatic nitrogens is 1. The first kappa shape index (κ1) is 31.4. The number of allylic oxidation sites excluding steroid dienone is 1. The minimum Gasteiger partial charge on any atom is -0.494 e. The van der Waals surface area contributed by atoms with Crippen LogP contribution in [0.5, 0.6) is 11.5 Å². The van der Waals surface area contributed by atoms with Crippen molar-refractivity contribution in [2.75, 3.05) is 13.2 Å². The number of hydrogen-bond acceptors (Lipinski definition) is 7. The molecule has 0 saturated carbocycles. The molecule has 1 aliphatic heterocycles. The smallest absolute Gasteiger partial charge is 0.338 e. The molecule has 0 radical (unpaired) electrons. The molecule has 2 heterocycles. The van der Waals surface area contributed by atoms with E-state index >= 15 is 0 Å². The van der Waals surface area contributed by atoms with Crippen LogP contribution in [0, 0.1) is 13.0 Å². The summed E-state index contributed by atoms with van der Waals surface area (Å²) in [5.41, 5.74) is 2.81. The van der Waals surface area contributed by atoms with Crippen molar-refractivity contribution in [3.8, 4) is 11.5 Å². The van der Waals surface area contributed by atoms with E-state index in [4.69, 9.17) is 14.2 Å². The molecule has 222 valence electrons. The van der Waals surface area contributed by atoms with E-state index in [1.807, 2.05) is 43.3 Å². The molecule has 0 bridgehead atoms. The van der Waals surface area contributed by atoms with Crippen LogP contribution in [0.2, 0.25) is 0 Å². The summed E-state index contributed by atoms with van der Waals surface area (Å²) in [7, 11) is 0. The van der Waals surface area contributed by atoms with Gasteiger partial charge in [0.2, 0.25) is 0 Å². The zero-order valence-corrected chi connectivity index (χ0v) is 28.7. The van der Waals surface area contributed by atoms with Crippen LogP contribution < -0.4 is 24.4 Å². The average Bonchev–Trinajstić information content (AvgIpc) is 3.27. The van der Waals surface area contributed by atoms with E-state index in [1.165, 1.54) is 23.5 Å². The van der Waals surface area contributed by atoms with Gasteiger partial charge in [-0.3, -0.25) is 9.36 Å². The SMILES string of the molecule is CCOC(=O)C1=C(C)N=c2s/c(=C\c3cc(I)cc(I)c3OCc3ccc(F)cc3)c(=O)n2[C@H]1c1ccc(OCC)cc1. The van der Waals surface area contributed by atoms with Crippen molar-refractivity contribution in [2.45, 2.75) is 33.4 Å². The first-order valence-electron chi connectivity index (χ1n) is 13.5. The van der Waals surface area contributed by atoms with Crippen molar-refractivity contribution in [1.29, 1.82) is 0 Å². The Kier molecular flexibility index (Phi) is 10.0. The van der Waals surface area contributed by atoms with E-state index < -0.39 is 12.0 Å². The van der Waals surface area contributed by atoms with Gasteiger partial charge in [-0.15, -0.1) is 0 Å². The largest absolute Gasteiger partial charge is 0.494 e. The van der Waals surface area contributed by atoms with E-state index in [1.54, 1.807) is 36.6 Å². The summed E-state index contributed by atoms with van der Waals surface area (Å²) in [6.07, 6.45) is 1.80. The van der Waals surface area contributed by atoms with Gasteiger partial charge in [-0.25, -0.2) is 14.2 Å². The van der Waals surface area contributed by atoms with Crippen LogP contribution in [-0.4, -0.2) is 23.8 Å². The highest BCUT2D eigenvalue weighted by atomic mass is 127. The Labute approximate surface area is 279 Å². The maximum absolute atomic E-state index is 14.1. The summed E-state index contributed by atoms with van der Waals surface area (Å²) in [6.45, 7) is 6.36. The second-order valence-electron chi connectivity index (χ2n) is 9.53. The summed E-state index contributed by atoms with van der Waals surface area (Å²) >= 11 is 5.69. The zero-order valence-electron chi connectivity index (χ0n) is 23.5. The lowest BCUT2D eigenvalue weighted by Crippen LogP contribution is -2.39. The number of halogens is 3. The second kappa shape index (κ2) is 13.7. The fourth-order valence-electron chi connectivity index (χ4n) is 4.74. The molecule has 0 N–H and O–H groups in total. The molecule has 0 unspecified atom stereocenters. The van der Waals surface area contributed by atoms with E-state index in [9.17, 15) is 14.0 Å². The Balaban J connectivity index is 1.63. The molecule has 0 fully saturated rings. The predicted molar refractivity (Wildman–Crippen MR) is 181 cm³/mol. The van der Waals surface area contributed by atoms with Gasteiger partial charge >= 0.3 is 5.97 Å². The lowest BCUT2D eigenvalue weighted by molar-refractivity contribution is -0.139. The third kappa shape index (κ3) is 6.88. The Morgan fingerprint density at radius 1 is 1.05 bits per heavy atom. The van der Waals surface area contributed by atoms with Crippen LogP contribution in [0.3, 0.4) is 0 Å². The van der Waals surface area contributed by atoms with E-state index in [2.05, 4.69) is 50.2 Å². The number of carbonyl (C=O) groups excluding carboxylic acids is 1. The second-order valence-corrected chi connectivity index (χ2v) is 12.9. The Hall–Kier alpha value is -3.04. The molecule has 0 amide bonds. The number of nitrogens with zero attached hydrogens (tertiary/aromatic N) is 2. The number of benzene rings is 3. The summed E-state index contributed by atoms with van der Waals surface area (Å²) < 4.78 is 34.4. The molecule has 1 aliphatic rings. The number of fused-ring (bicyclic) bond motifs is 1. The van der Waals surface area contributed by atoms with Crippen LogP contribution in [0.4, 0.5) is 4.39 Å². The molecule has 1 aromatic heterocycles. The van der Waals surface area contributed by atoms with Gasteiger partial charge in [0.25, 0.3) is 5.56 Å². The molecule has 5 rings (SSSR count). The minimum absolute atomic E-state index is 0.196. The molecule has 0 aliphatic carbocycles. The summed E-state index contributed by atoms with van der Waals surface area (Å²) in [5.74, 6) is 0.482. The van der Waals surface area contributed by atoms with Gasteiger partial charge in [-0.2, -0.15) is 0 Å². The van der Waals surface area contributed by atoms with Crippen LogP contribution in [0.1, 0.15) is 43.5 Å². The van der Waals surface area contributed by atoms with Crippen LogP contribution in [0.15, 0.2) is 81.7 Å². The lowest BCUT2D eigenvalue weighted by Gasteiger charge is -2.24. The van der Waals surface area contributed by atoms with Crippen molar-refractivity contribution >= 4 is 68.6 Å². The van der Waals surface area contributed by atoms with Gasteiger partial charge in [-0.05, 0) is 120 Å². The number of rotatable bonds is 9. The van der Waals surface area contributed by atoms with Crippen LogP contribution in [0.25, 0.3) is 6.08 Å². The summed E-state index contributed by atoms with van der Waals surface area (Å²) in [5, 5.41) is 0. The molecule has 3 aromatic carbocycles. The maximum atomic E-state index is 14.1. The zero-order chi connectivity index (χ0) is 30.7. The lowest BCUT2D eigenvalue weighted by atomic mass is 9.96. The molecule has 11 heteroatoms. The standard InChI is InChI=1S/C32H27FI2N2O5S/c1-4-40-24-12-8-20(9-13-24)28-27(31(39)41-5-2)18(3)36-32-37(28)30(38)26(43-32)15-21-14-23(34)16-25(35)29(21)42-17-19-6-10-22(33)11-7-19/h6-16,28H,4-5,17H2,1-3H3/b26-15-/t28-/m0/s1. The van der Waals surface area contributed by atoms with Crippen LogP contribution >= 0.6 is 56.5 Å². The van der Waals surface area contributed by atoms with Gasteiger partial charge < -0.3 is 14.2 Å². The van der Waals surface area contributed by atoms with Crippen molar-refractivity contribution in [3.63, 3.8) is 0 Å². The fraction of sp³-hybridized carbons (Fsp3) is 0.219. The van der Waals surface area contributed by atoms with Crippen LogP contribution in [-0.2, 0) is 16.1 Å². The maximum Gasteiger partial charge on any atom is 0.338 e. The first-order valence-corrected chi connectivity index (χ1v) is 16.5. The molecule has 0 saturated heterocycles. The monoisotopic (exact) mass is 824 g/mol. The van der Waals surface area contributed by atoms with Crippen molar-refractivity contribution < 1.29 is 23.4 Å². The molecule has 0 spiro atoms. The first-order chi connectivity index (χ1) is 20.7. The topological polar surface area (TPSA) is 79.1 Å². The molecule has 7 nitrogen and oxygen atoms in total. The number of esters is 1. The third-order valence-electron chi connectivity index (χ3n) is 6.64. The molecule has 1 atom stereocenters. The van der Waals surface area contributed by atoms with E-state index in [0.717, 1.165) is 23.8 Å². The van der Waals surface area contributed by atoms with Crippen molar-refractivity contribution in [2.24, 2.45) is 4.99 Å². The molecular formula is C32H27FI2N2O5S. The number of carbonyl (C=O) groups is 1. The summed E-state index contributed by atoms with van der Waals surface area (Å²) in [4.78, 5) is 32.4. The van der Waals surface area contributed by atoms with Gasteiger partial charge in [0, 0.05) is 9.13 Å². The van der Waals surface area contributed by atoms with Crippen molar-refractivity contribution in [1.82, 2.24) is 4.57 Å². The third-order valence-corrected chi connectivity index (χ3v) is 9.05. The predicted octanol–water partition coefficient (Wildman–Crippen LogP) is 6.12. The van der Waals surface area contributed by atoms with E-state index in [-0.39, 0.29) is 24.6 Å². The van der Waals surface area contributed by atoms with Gasteiger partial charge in [0.1, 0.15) is 23.9 Å². The Bertz CT molecular complexity index is 1880. The van der Waals surface area contributed by atoms with Crippen molar-refractivity contribution in [3.05, 3.63) is 121 Å². The molecule has 4 aromatic rings. The average molecular weight is 824 g/mol. The number of thiazole rings is 1. The minimum atomic E-state index is -0.724.